The highest BCUT2D eigenvalue weighted by atomic mass is 19.1. The molecule has 0 aromatic heterocycles. The van der Waals surface area contributed by atoms with E-state index in [2.05, 4.69) is 0 Å². The third kappa shape index (κ3) is 4.31. The number of rotatable bonds is 7. The molecule has 0 bridgehead atoms. The lowest BCUT2D eigenvalue weighted by Gasteiger charge is -2.24. The maximum Gasteiger partial charge on any atom is 0.305 e. The molecule has 0 aliphatic heterocycles. The minimum absolute atomic E-state index is 0.0689. The SMILES string of the molecule is CCCCN(CCC(=O)O)c1ccc(F)cc1F. The second-order valence-corrected chi connectivity index (χ2v) is 4.08. The van der Waals surface area contributed by atoms with Gasteiger partial charge in [-0.15, -0.1) is 0 Å². The summed E-state index contributed by atoms with van der Waals surface area (Å²) < 4.78 is 26.4. The molecule has 0 unspecified atom stereocenters. The summed E-state index contributed by atoms with van der Waals surface area (Å²) in [6.45, 7) is 2.78. The van der Waals surface area contributed by atoms with Crippen LogP contribution in [-0.2, 0) is 4.79 Å². The van der Waals surface area contributed by atoms with Gasteiger partial charge in [-0.2, -0.15) is 0 Å². The van der Waals surface area contributed by atoms with Crippen LogP contribution in [0.25, 0.3) is 0 Å². The van der Waals surface area contributed by atoms with E-state index >= 15 is 0 Å². The monoisotopic (exact) mass is 257 g/mol. The zero-order valence-corrected chi connectivity index (χ0v) is 10.3. The van der Waals surface area contributed by atoms with Crippen molar-refractivity contribution in [2.24, 2.45) is 0 Å². The van der Waals surface area contributed by atoms with Crippen LogP contribution >= 0.6 is 0 Å². The Kier molecular flexibility index (Phi) is 5.55. The number of benzene rings is 1. The first kappa shape index (κ1) is 14.4. The summed E-state index contributed by atoms with van der Waals surface area (Å²) in [4.78, 5) is 12.2. The number of hydrogen-bond donors (Lipinski definition) is 1. The minimum Gasteiger partial charge on any atom is -0.481 e. The van der Waals surface area contributed by atoms with E-state index in [1.165, 1.54) is 12.1 Å². The maximum atomic E-state index is 13.6. The molecular weight excluding hydrogens is 240 g/mol. The fourth-order valence-corrected chi connectivity index (χ4v) is 1.67. The second-order valence-electron chi connectivity index (χ2n) is 4.08. The van der Waals surface area contributed by atoms with Crippen LogP contribution in [0.2, 0.25) is 0 Å². The number of aliphatic carboxylic acids is 1. The average Bonchev–Trinajstić information content (AvgIpc) is 2.30. The fraction of sp³-hybridized carbons (Fsp3) is 0.462. The number of unbranched alkanes of at least 4 members (excludes halogenated alkanes) is 1. The van der Waals surface area contributed by atoms with Crippen LogP contribution in [0.4, 0.5) is 14.5 Å². The lowest BCUT2D eigenvalue weighted by Crippen LogP contribution is -2.28. The summed E-state index contributed by atoms with van der Waals surface area (Å²) in [5.41, 5.74) is 0.256. The zero-order chi connectivity index (χ0) is 13.5. The highest BCUT2D eigenvalue weighted by Gasteiger charge is 2.13. The zero-order valence-electron chi connectivity index (χ0n) is 10.3. The third-order valence-electron chi connectivity index (χ3n) is 2.63. The van der Waals surface area contributed by atoms with Crippen LogP contribution in [0, 0.1) is 11.6 Å². The number of anilines is 1. The molecule has 1 rings (SSSR count). The van der Waals surface area contributed by atoms with Crippen molar-refractivity contribution in [2.75, 3.05) is 18.0 Å². The van der Waals surface area contributed by atoms with Crippen LogP contribution in [0.5, 0.6) is 0 Å². The van der Waals surface area contributed by atoms with Gasteiger partial charge in [0.05, 0.1) is 12.1 Å². The first-order valence-corrected chi connectivity index (χ1v) is 5.96. The number of carbonyl (C=O) groups is 1. The van der Waals surface area contributed by atoms with Gasteiger partial charge in [0, 0.05) is 19.2 Å². The number of carboxylic acids is 1. The van der Waals surface area contributed by atoms with Crippen molar-refractivity contribution >= 4 is 11.7 Å². The van der Waals surface area contributed by atoms with E-state index in [1.807, 2.05) is 6.92 Å². The smallest absolute Gasteiger partial charge is 0.305 e. The van der Waals surface area contributed by atoms with Gasteiger partial charge >= 0.3 is 5.97 Å². The molecule has 100 valence electrons. The van der Waals surface area contributed by atoms with Crippen molar-refractivity contribution in [2.45, 2.75) is 26.2 Å². The third-order valence-corrected chi connectivity index (χ3v) is 2.63. The van der Waals surface area contributed by atoms with Crippen LogP contribution < -0.4 is 4.90 Å². The average molecular weight is 257 g/mol. The molecule has 18 heavy (non-hydrogen) atoms. The van der Waals surface area contributed by atoms with E-state index in [0.29, 0.717) is 6.54 Å². The summed E-state index contributed by atoms with van der Waals surface area (Å²) in [5, 5.41) is 8.67. The molecule has 0 fully saturated rings. The Morgan fingerprint density at radius 3 is 2.61 bits per heavy atom. The molecule has 1 aromatic rings. The van der Waals surface area contributed by atoms with Crippen LogP contribution in [0.3, 0.4) is 0 Å². The van der Waals surface area contributed by atoms with Gasteiger partial charge < -0.3 is 10.0 Å². The largest absolute Gasteiger partial charge is 0.481 e. The number of carboxylic acid groups (broad SMARTS) is 1. The predicted molar refractivity (Wildman–Crippen MR) is 65.7 cm³/mol. The molecule has 0 atom stereocenters. The lowest BCUT2D eigenvalue weighted by atomic mass is 10.2. The molecule has 1 aromatic carbocycles. The van der Waals surface area contributed by atoms with Crippen molar-refractivity contribution in [1.82, 2.24) is 0 Å². The summed E-state index contributed by atoms with van der Waals surface area (Å²) in [6, 6.07) is 3.34. The predicted octanol–water partition coefficient (Wildman–Crippen LogP) is 3.05. The van der Waals surface area contributed by atoms with Gasteiger partial charge in [0.25, 0.3) is 0 Å². The number of nitrogens with zero attached hydrogens (tertiary/aromatic N) is 1. The minimum atomic E-state index is -0.931. The van der Waals surface area contributed by atoms with Crippen LogP contribution in [0.15, 0.2) is 18.2 Å². The van der Waals surface area contributed by atoms with Gasteiger partial charge in [0.15, 0.2) is 0 Å². The Balaban J connectivity index is 2.82. The molecule has 0 saturated carbocycles. The molecule has 1 N–H and O–H groups in total. The van der Waals surface area contributed by atoms with Crippen molar-refractivity contribution in [3.63, 3.8) is 0 Å². The van der Waals surface area contributed by atoms with Crippen molar-refractivity contribution < 1.29 is 18.7 Å². The second kappa shape index (κ2) is 6.93. The first-order valence-electron chi connectivity index (χ1n) is 5.96. The normalized spacial score (nSPS) is 10.4. The molecule has 0 saturated heterocycles. The van der Waals surface area contributed by atoms with Gasteiger partial charge in [0.1, 0.15) is 11.6 Å². The van der Waals surface area contributed by atoms with E-state index in [9.17, 15) is 13.6 Å². The van der Waals surface area contributed by atoms with Gasteiger partial charge in [0.2, 0.25) is 0 Å². The van der Waals surface area contributed by atoms with Crippen molar-refractivity contribution in [1.29, 1.82) is 0 Å². The quantitative estimate of drug-likeness (QED) is 0.816. The molecule has 0 radical (unpaired) electrons. The van der Waals surface area contributed by atoms with E-state index in [-0.39, 0.29) is 18.7 Å². The fourth-order valence-electron chi connectivity index (χ4n) is 1.67. The molecule has 0 aliphatic carbocycles. The maximum absolute atomic E-state index is 13.6. The highest BCUT2D eigenvalue weighted by molar-refractivity contribution is 5.67. The highest BCUT2D eigenvalue weighted by Crippen LogP contribution is 2.21. The standard InChI is InChI=1S/C13H17F2NO2/c1-2-3-7-16(8-6-13(17)18)12-5-4-10(14)9-11(12)15/h4-5,9H,2-3,6-8H2,1H3,(H,17,18). The summed E-state index contributed by atoms with van der Waals surface area (Å²) in [7, 11) is 0. The van der Waals surface area contributed by atoms with Crippen molar-refractivity contribution in [3.05, 3.63) is 29.8 Å². The van der Waals surface area contributed by atoms with Gasteiger partial charge in [-0.25, -0.2) is 8.78 Å². The van der Waals surface area contributed by atoms with Crippen molar-refractivity contribution in [3.8, 4) is 0 Å². The summed E-state index contributed by atoms with van der Waals surface area (Å²) in [6.07, 6.45) is 1.68. The molecule has 0 aliphatic rings. The molecule has 0 amide bonds. The Labute approximate surface area is 105 Å². The lowest BCUT2D eigenvalue weighted by molar-refractivity contribution is -0.136. The Morgan fingerprint density at radius 2 is 2.06 bits per heavy atom. The Bertz CT molecular complexity index is 410. The van der Waals surface area contributed by atoms with Gasteiger partial charge in [-0.1, -0.05) is 13.3 Å². The number of halogens is 2. The van der Waals surface area contributed by atoms with Gasteiger partial charge in [-0.3, -0.25) is 4.79 Å². The van der Waals surface area contributed by atoms with E-state index in [4.69, 9.17) is 5.11 Å². The van der Waals surface area contributed by atoms with Crippen LogP contribution in [0.1, 0.15) is 26.2 Å². The first-order chi connectivity index (χ1) is 8.54. The van der Waals surface area contributed by atoms with Crippen LogP contribution in [-0.4, -0.2) is 24.2 Å². The topological polar surface area (TPSA) is 40.5 Å². The number of hydrogen-bond acceptors (Lipinski definition) is 2. The Morgan fingerprint density at radius 1 is 1.33 bits per heavy atom. The molecule has 5 heteroatoms. The van der Waals surface area contributed by atoms with E-state index < -0.39 is 17.6 Å². The molecule has 0 heterocycles. The van der Waals surface area contributed by atoms with Gasteiger partial charge in [-0.05, 0) is 18.6 Å². The molecule has 0 spiro atoms. The van der Waals surface area contributed by atoms with E-state index in [0.717, 1.165) is 18.9 Å². The summed E-state index contributed by atoms with van der Waals surface area (Å²) in [5.74, 6) is -2.22. The van der Waals surface area contributed by atoms with E-state index in [1.54, 1.807) is 4.90 Å². The molecule has 3 nitrogen and oxygen atoms in total. The molecular formula is C13H17F2NO2. The summed E-state index contributed by atoms with van der Waals surface area (Å²) >= 11 is 0. The Hall–Kier alpha value is -1.65.